The van der Waals surface area contributed by atoms with Gasteiger partial charge < -0.3 is 5.32 Å². The van der Waals surface area contributed by atoms with Gasteiger partial charge in [-0.2, -0.15) is 18.3 Å². The molecule has 8 heteroatoms. The number of para-hydroxylation sites is 1. The van der Waals surface area contributed by atoms with Crippen molar-refractivity contribution < 1.29 is 18.0 Å². The number of aromatic nitrogens is 2. The highest BCUT2D eigenvalue weighted by molar-refractivity contribution is 5.78. The third-order valence-electron chi connectivity index (χ3n) is 3.01. The number of carbonyl (C=O) groups is 1. The Morgan fingerprint density at radius 3 is 2.65 bits per heavy atom. The fraction of sp³-hybridized carbons (Fsp3) is 0.333. The molecular weight excluding hydrogens is 309 g/mol. The van der Waals surface area contributed by atoms with E-state index in [4.69, 9.17) is 0 Å². The quantitative estimate of drug-likeness (QED) is 0.883. The van der Waals surface area contributed by atoms with Gasteiger partial charge in [0.05, 0.1) is 18.4 Å². The van der Waals surface area contributed by atoms with E-state index in [0.29, 0.717) is 6.54 Å². The van der Waals surface area contributed by atoms with E-state index in [-0.39, 0.29) is 6.54 Å². The van der Waals surface area contributed by atoms with E-state index in [1.165, 1.54) is 0 Å². The molecule has 5 nitrogen and oxygen atoms in total. The van der Waals surface area contributed by atoms with Crippen LogP contribution >= 0.6 is 0 Å². The lowest BCUT2D eigenvalue weighted by Gasteiger charge is -2.15. The van der Waals surface area contributed by atoms with Crippen molar-refractivity contribution in [2.24, 2.45) is 0 Å². The Hall–Kier alpha value is -2.35. The molecule has 23 heavy (non-hydrogen) atoms. The maximum Gasteiger partial charge on any atom is 0.405 e. The highest BCUT2D eigenvalue weighted by atomic mass is 19.4. The first-order valence-electron chi connectivity index (χ1n) is 6.94. The number of alkyl halides is 3. The zero-order chi connectivity index (χ0) is 16.9. The van der Waals surface area contributed by atoms with Crippen molar-refractivity contribution in [3.05, 3.63) is 48.3 Å². The van der Waals surface area contributed by atoms with E-state index in [9.17, 15) is 18.0 Å². The number of benzene rings is 1. The van der Waals surface area contributed by atoms with Gasteiger partial charge in [0.25, 0.3) is 0 Å². The number of hydrogen-bond acceptors (Lipinski definition) is 3. The summed E-state index contributed by atoms with van der Waals surface area (Å²) in [7, 11) is 1.66. The van der Waals surface area contributed by atoms with Gasteiger partial charge in [-0.1, -0.05) is 18.2 Å². The second-order valence-electron chi connectivity index (χ2n) is 5.19. The van der Waals surface area contributed by atoms with Gasteiger partial charge >= 0.3 is 6.18 Å². The number of amides is 1. The molecule has 0 aliphatic rings. The summed E-state index contributed by atoms with van der Waals surface area (Å²) in [6.07, 6.45) is -0.915. The SMILES string of the molecule is CN(CC(=O)NCC(F)(F)F)Cc1cnn(-c2ccccc2)c1. The summed E-state index contributed by atoms with van der Waals surface area (Å²) >= 11 is 0. The predicted octanol–water partition coefficient (Wildman–Crippen LogP) is 1.98. The van der Waals surface area contributed by atoms with E-state index in [1.807, 2.05) is 41.8 Å². The van der Waals surface area contributed by atoms with Crippen LogP contribution in [0.3, 0.4) is 0 Å². The van der Waals surface area contributed by atoms with Gasteiger partial charge in [0.1, 0.15) is 6.54 Å². The topological polar surface area (TPSA) is 50.2 Å². The number of nitrogens with one attached hydrogen (secondary N) is 1. The van der Waals surface area contributed by atoms with Crippen LogP contribution in [0, 0.1) is 0 Å². The van der Waals surface area contributed by atoms with Crippen LogP contribution in [0.15, 0.2) is 42.7 Å². The minimum absolute atomic E-state index is 0.118. The Bertz CT molecular complexity index is 640. The summed E-state index contributed by atoms with van der Waals surface area (Å²) in [5, 5.41) is 6.07. The molecule has 0 saturated carbocycles. The number of likely N-dealkylation sites (N-methyl/N-ethyl adjacent to an activating group) is 1. The molecule has 0 bridgehead atoms. The van der Waals surface area contributed by atoms with Crippen LogP contribution in [-0.4, -0.2) is 46.9 Å². The lowest BCUT2D eigenvalue weighted by molar-refractivity contribution is -0.138. The third-order valence-corrected chi connectivity index (χ3v) is 3.01. The molecule has 1 heterocycles. The second kappa shape index (κ2) is 7.28. The number of rotatable bonds is 6. The average Bonchev–Trinajstić information content (AvgIpc) is 2.93. The van der Waals surface area contributed by atoms with Gasteiger partial charge in [0, 0.05) is 18.3 Å². The Kier molecular flexibility index (Phi) is 5.38. The first-order chi connectivity index (χ1) is 10.8. The van der Waals surface area contributed by atoms with E-state index in [2.05, 4.69) is 5.10 Å². The van der Waals surface area contributed by atoms with Crippen LogP contribution in [0.25, 0.3) is 5.69 Å². The van der Waals surface area contributed by atoms with Gasteiger partial charge in [-0.3, -0.25) is 9.69 Å². The van der Waals surface area contributed by atoms with Crippen LogP contribution in [0.1, 0.15) is 5.56 Å². The van der Waals surface area contributed by atoms with Crippen LogP contribution in [0.2, 0.25) is 0 Å². The van der Waals surface area contributed by atoms with Crippen molar-refractivity contribution in [3.63, 3.8) is 0 Å². The molecular formula is C15H17F3N4O. The van der Waals surface area contributed by atoms with Crippen molar-refractivity contribution >= 4 is 5.91 Å². The fourth-order valence-corrected chi connectivity index (χ4v) is 2.03. The molecule has 0 unspecified atom stereocenters. The number of hydrogen-bond donors (Lipinski definition) is 1. The average molecular weight is 326 g/mol. The molecule has 1 N–H and O–H groups in total. The molecule has 0 radical (unpaired) electrons. The monoisotopic (exact) mass is 326 g/mol. The Morgan fingerprint density at radius 2 is 2.00 bits per heavy atom. The van der Waals surface area contributed by atoms with Crippen molar-refractivity contribution in [2.45, 2.75) is 12.7 Å². The third kappa shape index (κ3) is 5.74. The zero-order valence-corrected chi connectivity index (χ0v) is 12.5. The minimum Gasteiger partial charge on any atom is -0.346 e. The Balaban J connectivity index is 1.85. The number of nitrogens with zero attached hydrogens (tertiary/aromatic N) is 3. The maximum atomic E-state index is 12.0. The van der Waals surface area contributed by atoms with Crippen LogP contribution < -0.4 is 5.32 Å². The molecule has 124 valence electrons. The Morgan fingerprint density at radius 1 is 1.30 bits per heavy atom. The molecule has 2 aromatic rings. The fourth-order valence-electron chi connectivity index (χ4n) is 2.03. The molecule has 0 saturated heterocycles. The predicted molar refractivity (Wildman–Crippen MR) is 79.0 cm³/mol. The first kappa shape index (κ1) is 17.0. The molecule has 0 aliphatic carbocycles. The van der Waals surface area contributed by atoms with Gasteiger partial charge in [-0.05, 0) is 19.2 Å². The van der Waals surface area contributed by atoms with E-state index in [1.54, 1.807) is 22.8 Å². The second-order valence-corrected chi connectivity index (χ2v) is 5.19. The standard InChI is InChI=1S/C15H17F3N4O/c1-21(10-14(23)19-11-15(16,17)18)8-12-7-20-22(9-12)13-5-3-2-4-6-13/h2-7,9H,8,10-11H2,1H3,(H,19,23). The molecule has 1 aromatic heterocycles. The minimum atomic E-state index is -4.40. The van der Waals surface area contributed by atoms with Crippen molar-refractivity contribution in [2.75, 3.05) is 20.1 Å². The lowest BCUT2D eigenvalue weighted by Crippen LogP contribution is -2.39. The van der Waals surface area contributed by atoms with Crippen molar-refractivity contribution in [3.8, 4) is 5.69 Å². The summed E-state index contributed by atoms with van der Waals surface area (Å²) in [5.74, 6) is -0.666. The van der Waals surface area contributed by atoms with E-state index >= 15 is 0 Å². The largest absolute Gasteiger partial charge is 0.405 e. The van der Waals surface area contributed by atoms with Gasteiger partial charge in [0.15, 0.2) is 0 Å². The smallest absolute Gasteiger partial charge is 0.346 e. The van der Waals surface area contributed by atoms with Gasteiger partial charge in [-0.25, -0.2) is 4.68 Å². The molecule has 0 spiro atoms. The summed E-state index contributed by atoms with van der Waals surface area (Å²) < 4.78 is 37.8. The molecule has 1 aromatic carbocycles. The molecule has 0 aliphatic heterocycles. The highest BCUT2D eigenvalue weighted by Gasteiger charge is 2.27. The van der Waals surface area contributed by atoms with E-state index < -0.39 is 18.6 Å². The van der Waals surface area contributed by atoms with Crippen LogP contribution in [0.5, 0.6) is 0 Å². The van der Waals surface area contributed by atoms with Crippen LogP contribution in [0.4, 0.5) is 13.2 Å². The molecule has 2 rings (SSSR count). The van der Waals surface area contributed by atoms with Gasteiger partial charge in [-0.15, -0.1) is 0 Å². The summed E-state index contributed by atoms with van der Waals surface area (Å²) in [4.78, 5) is 13.1. The number of halogens is 3. The number of carbonyl (C=O) groups excluding carboxylic acids is 1. The molecule has 1 amide bonds. The zero-order valence-electron chi connectivity index (χ0n) is 12.5. The molecule has 0 fully saturated rings. The maximum absolute atomic E-state index is 12.0. The van der Waals surface area contributed by atoms with Crippen molar-refractivity contribution in [1.82, 2.24) is 20.0 Å². The van der Waals surface area contributed by atoms with E-state index in [0.717, 1.165) is 11.3 Å². The normalized spacial score (nSPS) is 11.7. The summed E-state index contributed by atoms with van der Waals surface area (Å²) in [6.45, 7) is -1.02. The Labute approximate surface area is 131 Å². The first-order valence-corrected chi connectivity index (χ1v) is 6.94. The highest BCUT2D eigenvalue weighted by Crippen LogP contribution is 2.12. The lowest BCUT2D eigenvalue weighted by atomic mass is 10.3. The van der Waals surface area contributed by atoms with Crippen LogP contribution in [-0.2, 0) is 11.3 Å². The van der Waals surface area contributed by atoms with Crippen molar-refractivity contribution in [1.29, 1.82) is 0 Å². The van der Waals surface area contributed by atoms with Gasteiger partial charge in [0.2, 0.25) is 5.91 Å². The summed E-state index contributed by atoms with van der Waals surface area (Å²) in [6, 6.07) is 9.51. The summed E-state index contributed by atoms with van der Waals surface area (Å²) in [5.41, 5.74) is 1.77. The molecule has 0 atom stereocenters.